The van der Waals surface area contributed by atoms with E-state index in [-0.39, 0.29) is 0 Å². The van der Waals surface area contributed by atoms with Crippen LogP contribution in [-0.4, -0.2) is 67.7 Å². The van der Waals surface area contributed by atoms with Gasteiger partial charge in [0.15, 0.2) is 5.65 Å². The van der Waals surface area contributed by atoms with Gasteiger partial charge in [-0.2, -0.15) is 5.10 Å². The van der Waals surface area contributed by atoms with Crippen molar-refractivity contribution < 1.29 is 0 Å². The lowest BCUT2D eigenvalue weighted by Gasteiger charge is -2.33. The van der Waals surface area contributed by atoms with Crippen molar-refractivity contribution in [2.75, 3.05) is 43.4 Å². The van der Waals surface area contributed by atoms with E-state index < -0.39 is 0 Å². The van der Waals surface area contributed by atoms with Crippen molar-refractivity contribution in [3.8, 4) is 11.1 Å². The molecule has 0 radical (unpaired) electrons. The summed E-state index contributed by atoms with van der Waals surface area (Å²) in [4.78, 5) is 21.4. The molecule has 32 heavy (non-hydrogen) atoms. The molecule has 6 heterocycles. The highest BCUT2D eigenvalue weighted by Crippen LogP contribution is 2.31. The zero-order valence-corrected chi connectivity index (χ0v) is 17.7. The molecule has 5 aromatic heterocycles. The fourth-order valence-electron chi connectivity index (χ4n) is 4.16. The van der Waals surface area contributed by atoms with Gasteiger partial charge >= 0.3 is 0 Å². The first-order valence-electron chi connectivity index (χ1n) is 10.7. The van der Waals surface area contributed by atoms with E-state index in [1.165, 1.54) is 0 Å². The Bertz CT molecular complexity index is 1400. The Hall–Kier alpha value is -3.98. The van der Waals surface area contributed by atoms with E-state index in [1.807, 2.05) is 43.0 Å². The van der Waals surface area contributed by atoms with E-state index in [0.717, 1.165) is 71.2 Å². The molecule has 2 N–H and O–H groups in total. The van der Waals surface area contributed by atoms with Crippen LogP contribution >= 0.6 is 0 Å². The van der Waals surface area contributed by atoms with E-state index in [1.54, 1.807) is 10.8 Å². The van der Waals surface area contributed by atoms with Gasteiger partial charge < -0.3 is 20.1 Å². The lowest BCUT2D eigenvalue weighted by Crippen LogP contribution is -2.44. The van der Waals surface area contributed by atoms with Crippen LogP contribution < -0.4 is 10.2 Å². The number of likely N-dealkylation sites (N-methyl/N-ethyl adjacent to an activating group) is 1. The predicted octanol–water partition coefficient (Wildman–Crippen LogP) is 3.16. The molecule has 1 saturated heterocycles. The number of H-pyrrole nitrogens is 1. The van der Waals surface area contributed by atoms with Crippen molar-refractivity contribution in [1.82, 2.24) is 34.4 Å². The third kappa shape index (κ3) is 3.42. The monoisotopic (exact) mass is 425 g/mol. The fourth-order valence-corrected chi connectivity index (χ4v) is 4.16. The number of pyridine rings is 3. The molecule has 9 nitrogen and oxygen atoms in total. The molecule has 1 aliphatic rings. The highest BCUT2D eigenvalue weighted by molar-refractivity contribution is 5.95. The molecule has 0 aliphatic carbocycles. The minimum atomic E-state index is 0.812. The average molecular weight is 426 g/mol. The van der Waals surface area contributed by atoms with Gasteiger partial charge in [-0.15, -0.1) is 0 Å². The molecule has 5 aromatic rings. The van der Waals surface area contributed by atoms with Gasteiger partial charge in [0.2, 0.25) is 0 Å². The Morgan fingerprint density at radius 2 is 1.88 bits per heavy atom. The summed E-state index contributed by atoms with van der Waals surface area (Å²) in [6.07, 6.45) is 9.17. The Labute approximate surface area is 184 Å². The Morgan fingerprint density at radius 3 is 2.78 bits per heavy atom. The van der Waals surface area contributed by atoms with E-state index in [9.17, 15) is 0 Å². The summed E-state index contributed by atoms with van der Waals surface area (Å²) in [5, 5.41) is 8.72. The van der Waals surface area contributed by atoms with E-state index in [2.05, 4.69) is 59.3 Å². The molecule has 1 fully saturated rings. The normalized spacial score (nSPS) is 15.0. The van der Waals surface area contributed by atoms with Gasteiger partial charge in [0, 0.05) is 67.5 Å². The first-order chi connectivity index (χ1) is 15.7. The maximum absolute atomic E-state index is 4.61. The lowest BCUT2D eigenvalue weighted by molar-refractivity contribution is 0.312. The number of fused-ring (bicyclic) bond motifs is 2. The number of hydrogen-bond acceptors (Lipinski definition) is 7. The summed E-state index contributed by atoms with van der Waals surface area (Å²) in [5.74, 6) is 1.00. The average Bonchev–Trinajstić information content (AvgIpc) is 3.46. The van der Waals surface area contributed by atoms with E-state index in [0.29, 0.717) is 0 Å². The molecular weight excluding hydrogens is 402 g/mol. The van der Waals surface area contributed by atoms with Crippen molar-refractivity contribution in [1.29, 1.82) is 0 Å². The Morgan fingerprint density at radius 1 is 0.969 bits per heavy atom. The van der Waals surface area contributed by atoms with Crippen LogP contribution in [-0.2, 0) is 0 Å². The van der Waals surface area contributed by atoms with Crippen LogP contribution in [0.4, 0.5) is 17.2 Å². The standard InChI is InChI=1S/C23H23N9/c1-30-6-8-31(9-7-30)21-12-17(2-4-24-21)29-18-11-19-20(14-26-23(19)25-13-18)16-3-5-32-22(10-16)27-15-28-32/h2-5,10-15H,6-9H2,1H3,(H,24,29)(H,25,26). The number of nitrogens with one attached hydrogen (secondary N) is 2. The molecule has 0 amide bonds. The summed E-state index contributed by atoms with van der Waals surface area (Å²) in [7, 11) is 2.16. The van der Waals surface area contributed by atoms with Crippen LogP contribution in [0.5, 0.6) is 0 Å². The van der Waals surface area contributed by atoms with Crippen molar-refractivity contribution in [2.24, 2.45) is 0 Å². The molecule has 0 saturated carbocycles. The number of aromatic amines is 1. The molecule has 9 heteroatoms. The van der Waals surface area contributed by atoms with Gasteiger partial charge in [-0.25, -0.2) is 19.5 Å². The van der Waals surface area contributed by atoms with E-state index >= 15 is 0 Å². The van der Waals surface area contributed by atoms with Gasteiger partial charge in [0.05, 0.1) is 11.9 Å². The predicted molar refractivity (Wildman–Crippen MR) is 125 cm³/mol. The first-order valence-corrected chi connectivity index (χ1v) is 10.7. The Balaban J connectivity index is 1.30. The molecule has 0 unspecified atom stereocenters. The first kappa shape index (κ1) is 18.8. The van der Waals surface area contributed by atoms with Crippen LogP contribution in [0.25, 0.3) is 27.8 Å². The summed E-state index contributed by atoms with van der Waals surface area (Å²) in [6, 6.07) is 10.3. The smallest absolute Gasteiger partial charge is 0.155 e. The zero-order valence-electron chi connectivity index (χ0n) is 17.7. The highest BCUT2D eigenvalue weighted by atomic mass is 15.3. The van der Waals surface area contributed by atoms with Crippen LogP contribution in [0.2, 0.25) is 0 Å². The summed E-state index contributed by atoms with van der Waals surface area (Å²) < 4.78 is 1.75. The van der Waals surface area contributed by atoms with Crippen molar-refractivity contribution >= 4 is 33.9 Å². The molecular formula is C23H23N9. The second-order valence-corrected chi connectivity index (χ2v) is 8.12. The van der Waals surface area contributed by atoms with Crippen molar-refractivity contribution in [2.45, 2.75) is 0 Å². The maximum atomic E-state index is 4.61. The molecule has 0 bridgehead atoms. The second-order valence-electron chi connectivity index (χ2n) is 8.12. The number of hydrogen-bond donors (Lipinski definition) is 2. The number of rotatable bonds is 4. The zero-order chi connectivity index (χ0) is 21.5. The maximum Gasteiger partial charge on any atom is 0.155 e. The third-order valence-corrected chi connectivity index (χ3v) is 5.98. The van der Waals surface area contributed by atoms with Crippen LogP contribution in [0.15, 0.2) is 61.4 Å². The minimum Gasteiger partial charge on any atom is -0.354 e. The number of anilines is 3. The molecule has 0 atom stereocenters. The molecule has 1 aliphatic heterocycles. The number of aromatic nitrogens is 6. The fraction of sp³-hybridized carbons (Fsp3) is 0.217. The summed E-state index contributed by atoms with van der Waals surface area (Å²) in [6.45, 7) is 4.08. The third-order valence-electron chi connectivity index (χ3n) is 5.98. The summed E-state index contributed by atoms with van der Waals surface area (Å²) in [5.41, 5.74) is 5.73. The highest BCUT2D eigenvalue weighted by Gasteiger charge is 2.16. The SMILES string of the molecule is CN1CCN(c2cc(Nc3cnc4[nH]cc(-c5ccn6ncnc6c5)c4c3)ccn2)CC1. The van der Waals surface area contributed by atoms with Crippen molar-refractivity contribution in [3.05, 3.63) is 61.4 Å². The minimum absolute atomic E-state index is 0.812. The van der Waals surface area contributed by atoms with Crippen LogP contribution in [0, 0.1) is 0 Å². The van der Waals surface area contributed by atoms with Crippen LogP contribution in [0.1, 0.15) is 0 Å². The van der Waals surface area contributed by atoms with Gasteiger partial charge in [0.1, 0.15) is 17.8 Å². The second kappa shape index (κ2) is 7.61. The van der Waals surface area contributed by atoms with Gasteiger partial charge in [0.25, 0.3) is 0 Å². The Kier molecular flexibility index (Phi) is 4.46. The number of nitrogens with zero attached hydrogens (tertiary/aromatic N) is 7. The molecule has 0 aromatic carbocycles. The lowest BCUT2D eigenvalue weighted by atomic mass is 10.1. The van der Waals surface area contributed by atoms with E-state index in [4.69, 9.17) is 0 Å². The summed E-state index contributed by atoms with van der Waals surface area (Å²) >= 11 is 0. The van der Waals surface area contributed by atoms with Gasteiger partial charge in [-0.1, -0.05) is 0 Å². The van der Waals surface area contributed by atoms with Crippen LogP contribution in [0.3, 0.4) is 0 Å². The largest absolute Gasteiger partial charge is 0.354 e. The molecule has 6 rings (SSSR count). The van der Waals surface area contributed by atoms with Gasteiger partial charge in [-0.3, -0.25) is 0 Å². The van der Waals surface area contributed by atoms with Crippen molar-refractivity contribution in [3.63, 3.8) is 0 Å². The molecule has 160 valence electrons. The number of piperazine rings is 1. The quantitative estimate of drug-likeness (QED) is 0.457. The topological polar surface area (TPSA) is 90.3 Å². The molecule has 0 spiro atoms. The van der Waals surface area contributed by atoms with Gasteiger partial charge in [-0.05, 0) is 36.9 Å².